The van der Waals surface area contributed by atoms with Crippen molar-refractivity contribution in [3.05, 3.63) is 34.9 Å². The molecule has 1 aliphatic rings. The van der Waals surface area contributed by atoms with Crippen molar-refractivity contribution < 1.29 is 13.2 Å². The fourth-order valence-electron chi connectivity index (χ4n) is 3.07. The number of carbonyl (C=O) groups is 1. The third-order valence-electron chi connectivity index (χ3n) is 4.15. The van der Waals surface area contributed by atoms with Crippen LogP contribution in [0.15, 0.2) is 24.3 Å². The number of rotatable bonds is 6. The standard InChI is InChI=1S/C16H22ClNO3S/c1-22(20,21)11-10-18-16(19)15(12-4-2-3-5-12)13-6-8-14(17)9-7-13/h6-9,12,15H,2-5,10-11H2,1H3,(H,18,19). The average molecular weight is 344 g/mol. The number of amides is 1. The summed E-state index contributed by atoms with van der Waals surface area (Å²) in [7, 11) is -3.07. The maximum absolute atomic E-state index is 12.6. The van der Waals surface area contributed by atoms with Gasteiger partial charge in [0.05, 0.1) is 11.7 Å². The van der Waals surface area contributed by atoms with Crippen LogP contribution in [-0.2, 0) is 14.6 Å². The molecule has 4 nitrogen and oxygen atoms in total. The molecule has 1 fully saturated rings. The summed E-state index contributed by atoms with van der Waals surface area (Å²) < 4.78 is 22.4. The van der Waals surface area contributed by atoms with Gasteiger partial charge in [0.25, 0.3) is 0 Å². The fraction of sp³-hybridized carbons (Fsp3) is 0.562. The summed E-state index contributed by atoms with van der Waals surface area (Å²) in [5.41, 5.74) is 0.952. The van der Waals surface area contributed by atoms with E-state index in [0.29, 0.717) is 10.9 Å². The van der Waals surface area contributed by atoms with Crippen LogP contribution in [0.4, 0.5) is 0 Å². The van der Waals surface area contributed by atoms with Gasteiger partial charge in [0.15, 0.2) is 0 Å². The van der Waals surface area contributed by atoms with Crippen molar-refractivity contribution in [1.29, 1.82) is 0 Å². The summed E-state index contributed by atoms with van der Waals surface area (Å²) in [6.45, 7) is 0.161. The van der Waals surface area contributed by atoms with Crippen molar-refractivity contribution in [1.82, 2.24) is 5.32 Å². The van der Waals surface area contributed by atoms with Crippen LogP contribution >= 0.6 is 11.6 Å². The van der Waals surface area contributed by atoms with Crippen LogP contribution in [-0.4, -0.2) is 32.9 Å². The van der Waals surface area contributed by atoms with E-state index in [9.17, 15) is 13.2 Å². The lowest BCUT2D eigenvalue weighted by atomic mass is 9.84. The molecular formula is C16H22ClNO3S. The zero-order valence-electron chi connectivity index (χ0n) is 12.7. The highest BCUT2D eigenvalue weighted by Crippen LogP contribution is 2.37. The lowest BCUT2D eigenvalue weighted by Gasteiger charge is -2.23. The van der Waals surface area contributed by atoms with Crippen molar-refractivity contribution in [2.45, 2.75) is 31.6 Å². The summed E-state index contributed by atoms with van der Waals surface area (Å²) >= 11 is 5.92. The Morgan fingerprint density at radius 3 is 2.41 bits per heavy atom. The number of sulfone groups is 1. The zero-order chi connectivity index (χ0) is 16.2. The Hall–Kier alpha value is -1.07. The molecule has 0 heterocycles. The monoisotopic (exact) mass is 343 g/mol. The first kappa shape index (κ1) is 17.3. The second-order valence-electron chi connectivity index (χ2n) is 5.99. The largest absolute Gasteiger partial charge is 0.355 e. The van der Waals surface area contributed by atoms with E-state index < -0.39 is 9.84 Å². The Labute approximate surface area is 137 Å². The van der Waals surface area contributed by atoms with Crippen LogP contribution in [0.25, 0.3) is 0 Å². The molecule has 22 heavy (non-hydrogen) atoms. The van der Waals surface area contributed by atoms with Crippen molar-refractivity contribution in [3.63, 3.8) is 0 Å². The predicted molar refractivity (Wildman–Crippen MR) is 88.9 cm³/mol. The van der Waals surface area contributed by atoms with Gasteiger partial charge in [-0.15, -0.1) is 0 Å². The fourth-order valence-corrected chi connectivity index (χ4v) is 3.67. The Kier molecular flexibility index (Phi) is 5.87. The predicted octanol–water partition coefficient (Wildman–Crippen LogP) is 2.77. The summed E-state index contributed by atoms with van der Waals surface area (Å²) in [6.07, 6.45) is 5.53. The molecule has 1 amide bonds. The number of hydrogen-bond acceptors (Lipinski definition) is 3. The van der Waals surface area contributed by atoms with Gasteiger partial charge < -0.3 is 5.32 Å². The first-order valence-corrected chi connectivity index (χ1v) is 10.0. The van der Waals surface area contributed by atoms with Gasteiger partial charge in [-0.05, 0) is 36.5 Å². The second kappa shape index (κ2) is 7.47. The number of halogens is 1. The molecule has 2 rings (SSSR count). The molecular weight excluding hydrogens is 322 g/mol. The van der Waals surface area contributed by atoms with Crippen LogP contribution < -0.4 is 5.32 Å². The van der Waals surface area contributed by atoms with Crippen LogP contribution in [0.2, 0.25) is 5.02 Å². The van der Waals surface area contributed by atoms with Crippen LogP contribution in [0.1, 0.15) is 37.2 Å². The van der Waals surface area contributed by atoms with E-state index in [2.05, 4.69) is 5.32 Å². The molecule has 0 bridgehead atoms. The van der Waals surface area contributed by atoms with Gasteiger partial charge in [0, 0.05) is 17.8 Å². The molecule has 1 aliphatic carbocycles. The van der Waals surface area contributed by atoms with Crippen LogP contribution in [0.3, 0.4) is 0 Å². The highest BCUT2D eigenvalue weighted by molar-refractivity contribution is 7.90. The van der Waals surface area contributed by atoms with E-state index in [4.69, 9.17) is 11.6 Å². The van der Waals surface area contributed by atoms with Gasteiger partial charge in [-0.2, -0.15) is 0 Å². The van der Waals surface area contributed by atoms with Gasteiger partial charge in [0.2, 0.25) is 5.91 Å². The van der Waals surface area contributed by atoms with E-state index in [0.717, 1.165) is 31.2 Å². The van der Waals surface area contributed by atoms with E-state index in [1.165, 1.54) is 6.26 Å². The third kappa shape index (κ3) is 4.99. The molecule has 122 valence electrons. The van der Waals surface area contributed by atoms with Gasteiger partial charge in [-0.25, -0.2) is 8.42 Å². The van der Waals surface area contributed by atoms with Gasteiger partial charge in [-0.1, -0.05) is 36.6 Å². The van der Waals surface area contributed by atoms with E-state index in [-0.39, 0.29) is 24.1 Å². The van der Waals surface area contributed by atoms with Crippen molar-refractivity contribution in [2.75, 3.05) is 18.6 Å². The topological polar surface area (TPSA) is 63.2 Å². The Morgan fingerprint density at radius 1 is 1.27 bits per heavy atom. The summed E-state index contributed by atoms with van der Waals surface area (Å²) in [6, 6.07) is 7.37. The molecule has 0 saturated heterocycles. The quantitative estimate of drug-likeness (QED) is 0.863. The zero-order valence-corrected chi connectivity index (χ0v) is 14.3. The second-order valence-corrected chi connectivity index (χ2v) is 8.69. The maximum Gasteiger partial charge on any atom is 0.227 e. The number of nitrogens with one attached hydrogen (secondary N) is 1. The molecule has 1 atom stereocenters. The molecule has 0 aromatic heterocycles. The lowest BCUT2D eigenvalue weighted by molar-refractivity contribution is -0.123. The SMILES string of the molecule is CS(=O)(=O)CCNC(=O)C(c1ccc(Cl)cc1)C1CCCC1. The van der Waals surface area contributed by atoms with Crippen LogP contribution in [0.5, 0.6) is 0 Å². The first-order valence-electron chi connectivity index (χ1n) is 7.58. The van der Waals surface area contributed by atoms with E-state index in [1.54, 1.807) is 12.1 Å². The highest BCUT2D eigenvalue weighted by Gasteiger charge is 2.31. The minimum atomic E-state index is -3.07. The number of hydrogen-bond donors (Lipinski definition) is 1. The van der Waals surface area contributed by atoms with Gasteiger partial charge >= 0.3 is 0 Å². The molecule has 1 aromatic rings. The Bertz CT molecular complexity index is 607. The average Bonchev–Trinajstić information content (AvgIpc) is 2.93. The summed E-state index contributed by atoms with van der Waals surface area (Å²) in [4.78, 5) is 12.6. The molecule has 6 heteroatoms. The van der Waals surface area contributed by atoms with Crippen molar-refractivity contribution in [3.8, 4) is 0 Å². The Balaban J connectivity index is 2.10. The van der Waals surface area contributed by atoms with Gasteiger partial charge in [-0.3, -0.25) is 4.79 Å². The minimum Gasteiger partial charge on any atom is -0.355 e. The van der Waals surface area contributed by atoms with Crippen molar-refractivity contribution >= 4 is 27.3 Å². The van der Waals surface area contributed by atoms with E-state index in [1.807, 2.05) is 12.1 Å². The third-order valence-corrected chi connectivity index (χ3v) is 5.35. The molecule has 1 saturated carbocycles. The first-order chi connectivity index (χ1) is 10.4. The number of carbonyl (C=O) groups excluding carboxylic acids is 1. The smallest absolute Gasteiger partial charge is 0.227 e. The minimum absolute atomic E-state index is 0.0310. The normalized spacial score (nSPS) is 17.4. The molecule has 0 spiro atoms. The molecule has 1 unspecified atom stereocenters. The molecule has 0 radical (unpaired) electrons. The Morgan fingerprint density at radius 2 is 1.86 bits per heavy atom. The van der Waals surface area contributed by atoms with Crippen LogP contribution in [0, 0.1) is 5.92 Å². The lowest BCUT2D eigenvalue weighted by Crippen LogP contribution is -2.35. The van der Waals surface area contributed by atoms with Gasteiger partial charge in [0.1, 0.15) is 9.84 Å². The molecule has 0 aliphatic heterocycles. The summed E-state index contributed by atoms with van der Waals surface area (Å²) in [5.74, 6) is -0.0203. The molecule has 1 N–H and O–H groups in total. The molecule has 1 aromatic carbocycles. The maximum atomic E-state index is 12.6. The van der Waals surface area contributed by atoms with E-state index >= 15 is 0 Å². The number of benzene rings is 1. The summed E-state index contributed by atoms with van der Waals surface area (Å²) in [5, 5.41) is 3.42. The van der Waals surface area contributed by atoms with Crippen molar-refractivity contribution in [2.24, 2.45) is 5.92 Å². The highest BCUT2D eigenvalue weighted by atomic mass is 35.5.